The second-order valence-corrected chi connectivity index (χ2v) is 5.13. The van der Waals surface area contributed by atoms with Gasteiger partial charge in [0.15, 0.2) is 12.4 Å². The number of benzene rings is 2. The minimum absolute atomic E-state index is 0.0128. The summed E-state index contributed by atoms with van der Waals surface area (Å²) < 4.78 is 10.2. The first kappa shape index (κ1) is 18.7. The van der Waals surface area contributed by atoms with Crippen molar-refractivity contribution < 1.29 is 24.3 Å². The lowest BCUT2D eigenvalue weighted by molar-refractivity contribution is -0.385. The van der Waals surface area contributed by atoms with Gasteiger partial charge in [-0.3, -0.25) is 14.9 Å². The molecule has 0 unspecified atom stereocenters. The number of nitro benzene ring substituents is 1. The Labute approximate surface area is 149 Å². The number of carbonyl (C=O) groups excluding carboxylic acids is 1. The molecule has 0 aliphatic rings. The maximum Gasteiger partial charge on any atom is 0.310 e. The predicted molar refractivity (Wildman–Crippen MR) is 93.6 cm³/mol. The van der Waals surface area contributed by atoms with Crippen LogP contribution >= 0.6 is 0 Å². The molecule has 26 heavy (non-hydrogen) atoms. The van der Waals surface area contributed by atoms with Crippen molar-refractivity contribution >= 4 is 17.3 Å². The van der Waals surface area contributed by atoms with Gasteiger partial charge < -0.3 is 14.6 Å². The number of hydrazone groups is 1. The molecule has 0 aliphatic carbocycles. The van der Waals surface area contributed by atoms with Gasteiger partial charge in [-0.1, -0.05) is 12.1 Å². The Morgan fingerprint density at radius 1 is 1.31 bits per heavy atom. The molecule has 0 aromatic heterocycles. The number of phenols is 1. The fourth-order valence-corrected chi connectivity index (χ4v) is 2.06. The van der Waals surface area contributed by atoms with Crippen LogP contribution in [0.2, 0.25) is 0 Å². The molecule has 0 atom stereocenters. The predicted octanol–water partition coefficient (Wildman–Crippen LogP) is 2.23. The van der Waals surface area contributed by atoms with Crippen molar-refractivity contribution in [2.45, 2.75) is 6.92 Å². The van der Waals surface area contributed by atoms with E-state index in [1.807, 2.05) is 0 Å². The normalized spacial score (nSPS) is 10.9. The second-order valence-electron chi connectivity index (χ2n) is 5.13. The highest BCUT2D eigenvalue weighted by atomic mass is 16.6. The highest BCUT2D eigenvalue weighted by molar-refractivity contribution is 6.01. The summed E-state index contributed by atoms with van der Waals surface area (Å²) in [7, 11) is 1.48. The fourth-order valence-electron chi connectivity index (χ4n) is 2.06. The number of amides is 1. The van der Waals surface area contributed by atoms with Crippen LogP contribution in [0.5, 0.6) is 17.2 Å². The Bertz CT molecular complexity index is 850. The number of methoxy groups -OCH3 is 1. The van der Waals surface area contributed by atoms with Crippen LogP contribution in [0.1, 0.15) is 12.5 Å². The third-order valence-corrected chi connectivity index (χ3v) is 3.36. The first-order valence-electron chi connectivity index (χ1n) is 7.49. The maximum absolute atomic E-state index is 11.8. The molecular formula is C17H17N3O6. The molecule has 2 N–H and O–H groups in total. The molecular weight excluding hydrogens is 342 g/mol. The molecule has 0 saturated carbocycles. The molecule has 9 nitrogen and oxygen atoms in total. The Balaban J connectivity index is 1.98. The van der Waals surface area contributed by atoms with E-state index in [1.165, 1.54) is 31.4 Å². The summed E-state index contributed by atoms with van der Waals surface area (Å²) >= 11 is 0. The van der Waals surface area contributed by atoms with Crippen LogP contribution in [0.3, 0.4) is 0 Å². The van der Waals surface area contributed by atoms with E-state index in [9.17, 15) is 20.0 Å². The summed E-state index contributed by atoms with van der Waals surface area (Å²) in [4.78, 5) is 22.1. The van der Waals surface area contributed by atoms with Gasteiger partial charge >= 0.3 is 5.69 Å². The molecule has 136 valence electrons. The van der Waals surface area contributed by atoms with Crippen molar-refractivity contribution in [1.29, 1.82) is 0 Å². The first-order valence-corrected chi connectivity index (χ1v) is 7.49. The highest BCUT2D eigenvalue weighted by Gasteiger charge is 2.15. The molecule has 0 spiro atoms. The number of phenolic OH excluding ortho intramolecular Hbond substituents is 1. The molecule has 0 saturated heterocycles. The minimum Gasteiger partial charge on any atom is -0.507 e. The molecule has 2 aromatic rings. The molecule has 9 heteroatoms. The summed E-state index contributed by atoms with van der Waals surface area (Å²) in [5.41, 5.74) is 2.82. The number of nitro groups is 1. The van der Waals surface area contributed by atoms with Gasteiger partial charge in [0.2, 0.25) is 0 Å². The van der Waals surface area contributed by atoms with Gasteiger partial charge in [-0.2, -0.15) is 5.10 Å². The molecule has 0 fully saturated rings. The molecule has 0 bridgehead atoms. The topological polar surface area (TPSA) is 123 Å². The summed E-state index contributed by atoms with van der Waals surface area (Å²) in [6.07, 6.45) is 0. The van der Waals surface area contributed by atoms with Crippen molar-refractivity contribution in [1.82, 2.24) is 5.43 Å². The van der Waals surface area contributed by atoms with Crippen molar-refractivity contribution in [2.75, 3.05) is 13.7 Å². The number of aromatic hydroxyl groups is 1. The quantitative estimate of drug-likeness (QED) is 0.444. The van der Waals surface area contributed by atoms with E-state index in [0.29, 0.717) is 17.0 Å². The van der Waals surface area contributed by atoms with E-state index >= 15 is 0 Å². The SMILES string of the molecule is COc1ccc(/C(C)=N/NC(=O)COc2ccccc2[N+](=O)[O-])c(O)c1. The van der Waals surface area contributed by atoms with Gasteiger partial charge in [0.05, 0.1) is 17.7 Å². The Morgan fingerprint density at radius 3 is 2.69 bits per heavy atom. The zero-order valence-corrected chi connectivity index (χ0v) is 14.1. The van der Waals surface area contributed by atoms with Crippen molar-refractivity contribution in [3.8, 4) is 17.2 Å². The van der Waals surface area contributed by atoms with Crippen LogP contribution < -0.4 is 14.9 Å². The second kappa shape index (κ2) is 8.47. The van der Waals surface area contributed by atoms with E-state index in [2.05, 4.69) is 10.5 Å². The van der Waals surface area contributed by atoms with Gasteiger partial charge in [-0.25, -0.2) is 5.43 Å². The van der Waals surface area contributed by atoms with Crippen LogP contribution in [0.15, 0.2) is 47.6 Å². The van der Waals surface area contributed by atoms with Crippen LogP contribution in [-0.4, -0.2) is 35.4 Å². The zero-order chi connectivity index (χ0) is 19.1. The van der Waals surface area contributed by atoms with Crippen molar-refractivity contribution in [2.24, 2.45) is 5.10 Å². The third kappa shape index (κ3) is 4.69. The average Bonchev–Trinajstić information content (AvgIpc) is 2.64. The number of hydrogen-bond donors (Lipinski definition) is 2. The van der Waals surface area contributed by atoms with Crippen LogP contribution in [-0.2, 0) is 4.79 Å². The molecule has 0 radical (unpaired) electrons. The standard InChI is InChI=1S/C17H17N3O6/c1-11(13-8-7-12(25-2)9-15(13)21)18-19-17(22)10-26-16-6-4-3-5-14(16)20(23)24/h3-9,21H,10H2,1-2H3,(H,19,22)/b18-11+. The zero-order valence-electron chi connectivity index (χ0n) is 14.1. The van der Waals surface area contributed by atoms with Gasteiger partial charge in [0.1, 0.15) is 11.5 Å². The van der Waals surface area contributed by atoms with E-state index in [4.69, 9.17) is 9.47 Å². The summed E-state index contributed by atoms with van der Waals surface area (Å²) in [5.74, 6) is -0.173. The lowest BCUT2D eigenvalue weighted by Gasteiger charge is -2.08. The smallest absolute Gasteiger partial charge is 0.310 e. The summed E-state index contributed by atoms with van der Waals surface area (Å²) in [6, 6.07) is 10.4. The number of nitrogens with zero attached hydrogens (tertiary/aromatic N) is 2. The number of rotatable bonds is 7. The first-order chi connectivity index (χ1) is 12.4. The van der Waals surface area contributed by atoms with E-state index in [1.54, 1.807) is 25.1 Å². The number of ether oxygens (including phenoxy) is 2. The maximum atomic E-state index is 11.8. The van der Waals surface area contributed by atoms with Gasteiger partial charge in [-0.05, 0) is 25.1 Å². The van der Waals surface area contributed by atoms with Gasteiger partial charge in [0.25, 0.3) is 5.91 Å². The fraction of sp³-hybridized carbons (Fsp3) is 0.176. The lowest BCUT2D eigenvalue weighted by atomic mass is 10.1. The molecule has 2 rings (SSSR count). The van der Waals surface area contributed by atoms with Crippen LogP contribution in [0.4, 0.5) is 5.69 Å². The number of nitrogens with one attached hydrogen (secondary N) is 1. The van der Waals surface area contributed by atoms with Gasteiger partial charge in [0, 0.05) is 17.7 Å². The number of carbonyl (C=O) groups is 1. The lowest BCUT2D eigenvalue weighted by Crippen LogP contribution is -2.25. The summed E-state index contributed by atoms with van der Waals surface area (Å²) in [6.45, 7) is 1.15. The van der Waals surface area contributed by atoms with Crippen molar-refractivity contribution in [3.63, 3.8) is 0 Å². The largest absolute Gasteiger partial charge is 0.507 e. The van der Waals surface area contributed by atoms with Crippen LogP contribution in [0, 0.1) is 10.1 Å². The number of hydrogen-bond acceptors (Lipinski definition) is 7. The number of para-hydroxylation sites is 2. The van der Waals surface area contributed by atoms with E-state index in [0.717, 1.165) is 0 Å². The van der Waals surface area contributed by atoms with Crippen molar-refractivity contribution in [3.05, 3.63) is 58.1 Å². The Morgan fingerprint density at radius 2 is 2.04 bits per heavy atom. The minimum atomic E-state index is -0.601. The molecule has 0 heterocycles. The Kier molecular flexibility index (Phi) is 6.10. The van der Waals surface area contributed by atoms with Crippen LogP contribution in [0.25, 0.3) is 0 Å². The third-order valence-electron chi connectivity index (χ3n) is 3.36. The Hall–Kier alpha value is -3.62. The molecule has 1 amide bonds. The molecule has 2 aromatic carbocycles. The highest BCUT2D eigenvalue weighted by Crippen LogP contribution is 2.26. The molecule has 0 aliphatic heterocycles. The van der Waals surface area contributed by atoms with Gasteiger partial charge in [-0.15, -0.1) is 0 Å². The van der Waals surface area contributed by atoms with E-state index < -0.39 is 17.4 Å². The monoisotopic (exact) mass is 359 g/mol. The summed E-state index contributed by atoms with van der Waals surface area (Å²) in [5, 5.41) is 24.7. The van der Waals surface area contributed by atoms with E-state index in [-0.39, 0.29) is 17.2 Å². The average molecular weight is 359 g/mol.